The van der Waals surface area contributed by atoms with Gasteiger partial charge in [0.25, 0.3) is 5.91 Å². The number of likely N-dealkylation sites (tertiary alicyclic amines) is 1. The van der Waals surface area contributed by atoms with Crippen LogP contribution in [0.25, 0.3) is 0 Å². The van der Waals surface area contributed by atoms with Gasteiger partial charge in [-0.2, -0.15) is 0 Å². The van der Waals surface area contributed by atoms with Crippen LogP contribution in [0.15, 0.2) is 24.8 Å². The predicted molar refractivity (Wildman–Crippen MR) is 135 cm³/mol. The van der Waals surface area contributed by atoms with E-state index in [9.17, 15) is 13.4 Å². The minimum Gasteiger partial charge on any atom is -0.489 e. The Morgan fingerprint density at radius 3 is 2.63 bits per heavy atom. The first kappa shape index (κ1) is 28.1. The molecule has 7 nitrogen and oxygen atoms in total. The van der Waals surface area contributed by atoms with E-state index < -0.39 is 33.4 Å². The van der Waals surface area contributed by atoms with Crippen LogP contribution < -0.4 is 9.88 Å². The molecule has 2 aliphatic heterocycles. The molecule has 2 heterocycles. The third-order valence-electron chi connectivity index (χ3n) is 6.77. The van der Waals surface area contributed by atoms with Gasteiger partial charge in [-0.15, -0.1) is 0 Å². The fraction of sp³-hybridized carbons (Fsp3) is 0.640. The molecule has 2 aliphatic rings. The third kappa shape index (κ3) is 6.83. The van der Waals surface area contributed by atoms with Gasteiger partial charge < -0.3 is 19.1 Å². The molecule has 2 fully saturated rings. The second-order valence-electron chi connectivity index (χ2n) is 10.3. The van der Waals surface area contributed by atoms with Crippen LogP contribution in [0.5, 0.6) is 5.75 Å². The van der Waals surface area contributed by atoms with Gasteiger partial charge in [-0.3, -0.25) is 9.93 Å². The Labute approximate surface area is 214 Å². The maximum Gasteiger partial charge on any atom is 0.254 e. The van der Waals surface area contributed by atoms with Gasteiger partial charge in [-0.25, -0.2) is 8.60 Å². The monoisotopic (exact) mass is 530 g/mol. The minimum atomic E-state index is -1.58. The van der Waals surface area contributed by atoms with Gasteiger partial charge in [0.1, 0.15) is 18.2 Å². The zero-order valence-corrected chi connectivity index (χ0v) is 22.4. The van der Waals surface area contributed by atoms with E-state index in [0.29, 0.717) is 38.1 Å². The summed E-state index contributed by atoms with van der Waals surface area (Å²) in [6, 6.07) is 2.89. The number of halogens is 2. The molecule has 1 unspecified atom stereocenters. The molecule has 1 aromatic carbocycles. The molecule has 0 radical (unpaired) electrons. The molecule has 0 aliphatic carbocycles. The Morgan fingerprint density at radius 1 is 1.43 bits per heavy atom. The highest BCUT2D eigenvalue weighted by molar-refractivity contribution is 7.84. The van der Waals surface area contributed by atoms with E-state index in [-0.39, 0.29) is 36.0 Å². The quantitative estimate of drug-likeness (QED) is 0.480. The summed E-state index contributed by atoms with van der Waals surface area (Å²) in [6.07, 6.45) is 2.87. The van der Waals surface area contributed by atoms with Crippen molar-refractivity contribution < 1.29 is 27.6 Å². The summed E-state index contributed by atoms with van der Waals surface area (Å²) < 4.78 is 43.0. The molecule has 35 heavy (non-hydrogen) atoms. The highest BCUT2D eigenvalue weighted by Crippen LogP contribution is 2.44. The van der Waals surface area contributed by atoms with Crippen molar-refractivity contribution in [3.63, 3.8) is 0 Å². The van der Waals surface area contributed by atoms with Crippen molar-refractivity contribution in [2.45, 2.75) is 69.5 Å². The average Bonchev–Trinajstić information content (AvgIpc) is 3.17. The molecule has 196 valence electrons. The fourth-order valence-corrected chi connectivity index (χ4v) is 5.30. The summed E-state index contributed by atoms with van der Waals surface area (Å²) >= 11 is 6.18. The van der Waals surface area contributed by atoms with Crippen LogP contribution >= 0.6 is 11.6 Å². The smallest absolute Gasteiger partial charge is 0.254 e. The highest BCUT2D eigenvalue weighted by Gasteiger charge is 2.41. The molecule has 10 heteroatoms. The lowest BCUT2D eigenvalue weighted by molar-refractivity contribution is -0.161. The van der Waals surface area contributed by atoms with Crippen molar-refractivity contribution in [1.29, 1.82) is 0 Å². The van der Waals surface area contributed by atoms with Crippen LogP contribution in [0.4, 0.5) is 4.39 Å². The summed E-state index contributed by atoms with van der Waals surface area (Å²) in [4.78, 5) is 14.8. The zero-order chi connectivity index (χ0) is 26.0. The summed E-state index contributed by atoms with van der Waals surface area (Å²) in [5.74, 6) is -1.07. The number of nitrogens with zero attached hydrogens (tertiary/aromatic N) is 1. The summed E-state index contributed by atoms with van der Waals surface area (Å²) in [5, 5.41) is 5.81. The number of carbonyl (C=O) groups is 1. The molecule has 1 aromatic rings. The lowest BCUT2D eigenvalue weighted by Gasteiger charge is -2.39. The van der Waals surface area contributed by atoms with Crippen molar-refractivity contribution in [2.75, 3.05) is 26.3 Å². The van der Waals surface area contributed by atoms with E-state index in [0.717, 1.165) is 5.56 Å². The maximum atomic E-state index is 14.3. The van der Waals surface area contributed by atoms with Gasteiger partial charge >= 0.3 is 0 Å². The first-order valence-electron chi connectivity index (χ1n) is 11.8. The van der Waals surface area contributed by atoms with E-state index >= 15 is 0 Å². The Kier molecular flexibility index (Phi) is 9.02. The first-order chi connectivity index (χ1) is 16.3. The van der Waals surface area contributed by atoms with Crippen LogP contribution in [0.2, 0.25) is 5.02 Å². The molecule has 2 N–H and O–H groups in total. The largest absolute Gasteiger partial charge is 0.489 e. The second-order valence-corrected chi connectivity index (χ2v) is 12.4. The van der Waals surface area contributed by atoms with Crippen molar-refractivity contribution in [3.05, 3.63) is 41.2 Å². The van der Waals surface area contributed by atoms with Gasteiger partial charge in [-0.05, 0) is 70.4 Å². The highest BCUT2D eigenvalue weighted by atomic mass is 35.5. The van der Waals surface area contributed by atoms with Crippen molar-refractivity contribution in [2.24, 2.45) is 11.1 Å². The molecular formula is C25H36ClFN2O5S. The predicted octanol–water partition coefficient (Wildman–Crippen LogP) is 4.31. The number of rotatable bonds is 9. The van der Waals surface area contributed by atoms with Crippen LogP contribution in [0.1, 0.15) is 58.4 Å². The number of hydrogen-bond acceptors (Lipinski definition) is 5. The number of hydrogen-bond donors (Lipinski definition) is 1. The molecule has 3 atom stereocenters. The van der Waals surface area contributed by atoms with Gasteiger partial charge in [-0.1, -0.05) is 24.3 Å². The number of carbonyl (C=O) groups excluding carboxylic acids is 1. The zero-order valence-electron chi connectivity index (χ0n) is 20.9. The van der Waals surface area contributed by atoms with Crippen LogP contribution in [-0.2, 0) is 25.3 Å². The van der Waals surface area contributed by atoms with Gasteiger partial charge in [0.2, 0.25) is 0 Å². The van der Waals surface area contributed by atoms with Gasteiger partial charge in [0, 0.05) is 19.2 Å². The Balaban J connectivity index is 1.84. The normalized spacial score (nSPS) is 22.6. The van der Waals surface area contributed by atoms with Crippen LogP contribution in [-0.4, -0.2) is 58.0 Å². The van der Waals surface area contributed by atoms with E-state index in [1.54, 1.807) is 26.0 Å². The molecule has 0 spiro atoms. The lowest BCUT2D eigenvalue weighted by Crippen LogP contribution is -2.46. The van der Waals surface area contributed by atoms with Crippen LogP contribution in [0, 0.1) is 11.7 Å². The first-order valence-corrected chi connectivity index (χ1v) is 13.4. The van der Waals surface area contributed by atoms with Gasteiger partial charge in [0.15, 0.2) is 11.9 Å². The standard InChI is InChI=1S/C25H36ClFN2O5S/c1-6-11-32-21-13-20(27)19(26)12-17(21)18(14-24(2,3)35(28)31)16-7-9-29(10-8-16)23(30)22-15-33-25(4,5)34-22/h6,12-13,16,18,22H,1,7-11,14-15,28H2,2-5H3/t18-,22-,35?/m1/s1. The maximum absolute atomic E-state index is 14.3. The van der Waals surface area contributed by atoms with E-state index in [1.807, 2.05) is 18.7 Å². The molecular weight excluding hydrogens is 495 g/mol. The molecule has 0 saturated carbocycles. The van der Waals surface area contributed by atoms with E-state index in [2.05, 4.69) is 6.58 Å². The Morgan fingerprint density at radius 2 is 2.09 bits per heavy atom. The summed E-state index contributed by atoms with van der Waals surface area (Å²) in [6.45, 7) is 12.5. The number of nitrogens with two attached hydrogens (primary N) is 1. The fourth-order valence-electron chi connectivity index (χ4n) is 4.78. The third-order valence-corrected chi connectivity index (χ3v) is 8.31. The molecule has 3 rings (SSSR count). The van der Waals surface area contributed by atoms with E-state index in [4.69, 9.17) is 31.0 Å². The topological polar surface area (TPSA) is 91.1 Å². The number of ether oxygens (including phenoxy) is 3. The average molecular weight is 531 g/mol. The Bertz CT molecular complexity index is 965. The van der Waals surface area contributed by atoms with Crippen molar-refractivity contribution in [1.82, 2.24) is 4.90 Å². The Hall–Kier alpha value is -1.52. The van der Waals surface area contributed by atoms with Crippen molar-refractivity contribution in [3.8, 4) is 5.75 Å². The molecule has 1 amide bonds. The number of benzene rings is 1. The van der Waals surface area contributed by atoms with E-state index in [1.165, 1.54) is 6.07 Å². The van der Waals surface area contributed by atoms with Crippen LogP contribution in [0.3, 0.4) is 0 Å². The summed E-state index contributed by atoms with van der Waals surface area (Å²) in [7, 11) is -1.58. The minimum absolute atomic E-state index is 0.00348. The SMILES string of the molecule is C=CCOc1cc(F)c(Cl)cc1[C@H](CC(C)(C)S(N)=O)C1CCN(C(=O)[C@H]2COC(C)(C)O2)CC1. The number of piperidine rings is 1. The molecule has 0 aromatic heterocycles. The number of amides is 1. The second kappa shape index (κ2) is 11.3. The summed E-state index contributed by atoms with van der Waals surface area (Å²) in [5.41, 5.74) is 0.746. The van der Waals surface area contributed by atoms with Gasteiger partial charge in [0.05, 0.1) is 27.4 Å². The molecule has 0 bridgehead atoms. The lowest BCUT2D eigenvalue weighted by atomic mass is 9.75. The molecule has 2 saturated heterocycles. The van der Waals surface area contributed by atoms with Crippen molar-refractivity contribution >= 4 is 28.5 Å².